The van der Waals surface area contributed by atoms with Gasteiger partial charge in [0.2, 0.25) is 0 Å². The van der Waals surface area contributed by atoms with Gasteiger partial charge in [-0.2, -0.15) is 0 Å². The zero-order valence-corrected chi connectivity index (χ0v) is 10.3. The fraction of sp³-hybridized carbons (Fsp3) is 0.417. The predicted octanol–water partition coefficient (Wildman–Crippen LogP) is 2.69. The van der Waals surface area contributed by atoms with Gasteiger partial charge >= 0.3 is 0 Å². The van der Waals surface area contributed by atoms with E-state index in [2.05, 4.69) is 50.3 Å². The topological polar surface area (TPSA) is 15.6 Å². The van der Waals surface area contributed by atoms with Crippen LogP contribution in [0.5, 0.6) is 0 Å². The molecule has 0 aliphatic carbocycles. The van der Waals surface area contributed by atoms with Gasteiger partial charge in [-0.25, -0.2) is 0 Å². The third kappa shape index (κ3) is 2.38. The molecule has 0 aromatic heterocycles. The van der Waals surface area contributed by atoms with Crippen molar-refractivity contribution in [3.8, 4) is 0 Å². The van der Waals surface area contributed by atoms with Crippen molar-refractivity contribution in [1.82, 2.24) is 0 Å². The second-order valence-corrected chi connectivity index (χ2v) is 4.21. The Morgan fingerprint density at radius 1 is 1.33 bits per heavy atom. The molecule has 0 fully saturated rings. The highest BCUT2D eigenvalue weighted by atomic mass is 31.0. The lowest BCUT2D eigenvalue weighted by Crippen LogP contribution is -2.33. The van der Waals surface area contributed by atoms with Crippen molar-refractivity contribution in [2.45, 2.75) is 19.5 Å². The summed E-state index contributed by atoms with van der Waals surface area (Å²) in [4.78, 5) is 6.76. The number of nitrogens with zero attached hydrogens (tertiary/aromatic N) is 2. The van der Waals surface area contributed by atoms with Crippen LogP contribution in [0.4, 0.5) is 5.69 Å². The maximum Gasteiger partial charge on any atom is 0.100 e. The van der Waals surface area contributed by atoms with Crippen LogP contribution in [0, 0.1) is 0 Å². The first-order valence-electron chi connectivity index (χ1n) is 5.39. The molecule has 0 saturated heterocycles. The van der Waals surface area contributed by atoms with E-state index in [1.54, 1.807) is 0 Å². The average Bonchev–Trinajstić information content (AvgIpc) is 2.30. The van der Waals surface area contributed by atoms with E-state index in [0.29, 0.717) is 0 Å². The van der Waals surface area contributed by atoms with E-state index < -0.39 is 0 Å². The van der Waals surface area contributed by atoms with Crippen molar-refractivity contribution in [3.63, 3.8) is 0 Å². The average molecular weight is 220 g/mol. The van der Waals surface area contributed by atoms with Crippen LogP contribution in [0.3, 0.4) is 0 Å². The minimum Gasteiger partial charge on any atom is -0.330 e. The van der Waals surface area contributed by atoms with Gasteiger partial charge in [0.1, 0.15) is 5.84 Å². The molecule has 1 aliphatic rings. The summed E-state index contributed by atoms with van der Waals surface area (Å²) in [7, 11) is 2.75. The maximum absolute atomic E-state index is 4.47. The fourth-order valence-electron chi connectivity index (χ4n) is 1.84. The van der Waals surface area contributed by atoms with Crippen molar-refractivity contribution >= 4 is 20.8 Å². The molecule has 1 aliphatic heterocycles. The Hall–Kier alpha value is -0.880. The van der Waals surface area contributed by atoms with Crippen molar-refractivity contribution < 1.29 is 0 Å². The van der Waals surface area contributed by atoms with E-state index in [-0.39, 0.29) is 0 Å². The summed E-state index contributed by atoms with van der Waals surface area (Å²) in [5, 5.41) is 0. The van der Waals surface area contributed by atoms with Crippen molar-refractivity contribution in [2.24, 2.45) is 4.99 Å². The molecule has 0 N–H and O–H groups in total. The summed E-state index contributed by atoms with van der Waals surface area (Å²) in [5.74, 6) is 1.14. The number of aliphatic imine (C=N–C) groups is 1. The first-order valence-corrected chi connectivity index (χ1v) is 6.20. The van der Waals surface area contributed by atoms with Crippen molar-refractivity contribution in [3.05, 3.63) is 29.8 Å². The second kappa shape index (κ2) is 4.76. The van der Waals surface area contributed by atoms with Crippen LogP contribution in [-0.2, 0) is 6.16 Å². The van der Waals surface area contributed by atoms with E-state index >= 15 is 0 Å². The summed E-state index contributed by atoms with van der Waals surface area (Å²) in [6, 6.07) is 8.74. The van der Waals surface area contributed by atoms with Crippen LogP contribution >= 0.6 is 9.24 Å². The fourth-order valence-corrected chi connectivity index (χ4v) is 2.12. The molecule has 2 rings (SSSR count). The Morgan fingerprint density at radius 3 is 2.67 bits per heavy atom. The largest absolute Gasteiger partial charge is 0.330 e. The van der Waals surface area contributed by atoms with Gasteiger partial charge < -0.3 is 4.90 Å². The lowest BCUT2D eigenvalue weighted by atomic mass is 10.2. The molecule has 1 heterocycles. The highest BCUT2D eigenvalue weighted by molar-refractivity contribution is 7.15. The van der Waals surface area contributed by atoms with Gasteiger partial charge in [-0.3, -0.25) is 4.99 Å². The summed E-state index contributed by atoms with van der Waals surface area (Å²) < 4.78 is 0. The lowest BCUT2D eigenvalue weighted by molar-refractivity contribution is 0.787. The molecule has 3 heteroatoms. The molecule has 1 unspecified atom stereocenters. The molecule has 1 aromatic carbocycles. The van der Waals surface area contributed by atoms with Crippen LogP contribution in [0.2, 0.25) is 0 Å². The Balaban J connectivity index is 2.21. The van der Waals surface area contributed by atoms with Crippen LogP contribution < -0.4 is 4.90 Å². The number of amidine groups is 1. The molecule has 0 amide bonds. The minimum atomic E-state index is 0.978. The van der Waals surface area contributed by atoms with E-state index in [9.17, 15) is 0 Å². The molecule has 0 radical (unpaired) electrons. The Kier molecular flexibility index (Phi) is 3.37. The van der Waals surface area contributed by atoms with Crippen LogP contribution in [0.15, 0.2) is 29.3 Å². The van der Waals surface area contributed by atoms with Crippen LogP contribution in [-0.4, -0.2) is 18.9 Å². The van der Waals surface area contributed by atoms with E-state index in [1.807, 2.05) is 0 Å². The minimum absolute atomic E-state index is 0.978. The van der Waals surface area contributed by atoms with Gasteiger partial charge in [-0.05, 0) is 37.2 Å². The van der Waals surface area contributed by atoms with Crippen LogP contribution in [0.1, 0.15) is 18.9 Å². The quantitative estimate of drug-likeness (QED) is 0.700. The maximum atomic E-state index is 4.47. The van der Waals surface area contributed by atoms with Gasteiger partial charge in [-0.15, -0.1) is 9.24 Å². The Morgan fingerprint density at radius 2 is 2.07 bits per heavy atom. The summed E-state index contributed by atoms with van der Waals surface area (Å²) >= 11 is 0. The first-order chi connectivity index (χ1) is 7.31. The molecule has 1 aromatic rings. The molecule has 2 nitrogen and oxygen atoms in total. The number of hydrogen-bond donors (Lipinski definition) is 0. The number of hydrogen-bond acceptors (Lipinski definition) is 2. The molecular weight excluding hydrogens is 203 g/mol. The van der Waals surface area contributed by atoms with E-state index in [1.165, 1.54) is 11.3 Å². The zero-order chi connectivity index (χ0) is 10.7. The molecule has 1 atom stereocenters. The number of benzene rings is 1. The van der Waals surface area contributed by atoms with E-state index in [0.717, 1.165) is 31.5 Å². The monoisotopic (exact) mass is 220 g/mol. The van der Waals surface area contributed by atoms with Crippen molar-refractivity contribution in [1.29, 1.82) is 0 Å². The third-order valence-electron chi connectivity index (χ3n) is 2.75. The van der Waals surface area contributed by atoms with Gasteiger partial charge in [0, 0.05) is 18.8 Å². The highest BCUT2D eigenvalue weighted by Gasteiger charge is 2.12. The standard InChI is InChI=1S/C12H17N2P/c1-10-13-7-2-8-14(10)12-5-3-11(9-15)4-6-12/h3-6H,2,7-9,15H2,1H3. The summed E-state index contributed by atoms with van der Waals surface area (Å²) in [6.45, 7) is 4.16. The molecule has 0 bridgehead atoms. The summed E-state index contributed by atoms with van der Waals surface area (Å²) in [6.07, 6.45) is 2.18. The molecule has 15 heavy (non-hydrogen) atoms. The molecule has 0 saturated carbocycles. The second-order valence-electron chi connectivity index (χ2n) is 3.80. The number of anilines is 1. The SMILES string of the molecule is CC1=NCCCN1c1ccc(CP)cc1. The Labute approximate surface area is 93.6 Å². The highest BCUT2D eigenvalue weighted by Crippen LogP contribution is 2.19. The van der Waals surface area contributed by atoms with Gasteiger partial charge in [0.15, 0.2) is 0 Å². The number of rotatable bonds is 2. The normalized spacial score (nSPS) is 16.4. The van der Waals surface area contributed by atoms with Crippen LogP contribution in [0.25, 0.3) is 0 Å². The smallest absolute Gasteiger partial charge is 0.100 e. The predicted molar refractivity (Wildman–Crippen MR) is 69.8 cm³/mol. The van der Waals surface area contributed by atoms with Gasteiger partial charge in [-0.1, -0.05) is 12.1 Å². The summed E-state index contributed by atoms with van der Waals surface area (Å²) in [5.41, 5.74) is 2.62. The zero-order valence-electron chi connectivity index (χ0n) is 9.11. The third-order valence-corrected chi connectivity index (χ3v) is 3.23. The van der Waals surface area contributed by atoms with E-state index in [4.69, 9.17) is 0 Å². The lowest BCUT2D eigenvalue weighted by Gasteiger charge is -2.27. The molecular formula is C12H17N2P. The molecule has 0 spiro atoms. The van der Waals surface area contributed by atoms with Gasteiger partial charge in [0.05, 0.1) is 0 Å². The van der Waals surface area contributed by atoms with Crippen molar-refractivity contribution in [2.75, 3.05) is 18.0 Å². The van der Waals surface area contributed by atoms with Gasteiger partial charge in [0.25, 0.3) is 0 Å². The Bertz CT molecular complexity index is 356. The molecule has 80 valence electrons. The first kappa shape index (κ1) is 10.6.